The lowest BCUT2D eigenvalue weighted by molar-refractivity contribution is -0.125. The van der Waals surface area contributed by atoms with Gasteiger partial charge in [-0.05, 0) is 31.6 Å². The van der Waals surface area contributed by atoms with Crippen LogP contribution in [0.25, 0.3) is 0 Å². The van der Waals surface area contributed by atoms with Crippen LogP contribution in [0.3, 0.4) is 0 Å². The molecule has 1 saturated heterocycles. The van der Waals surface area contributed by atoms with E-state index in [2.05, 4.69) is 10.4 Å². The third-order valence-corrected chi connectivity index (χ3v) is 6.08. The first-order chi connectivity index (χ1) is 12.3. The van der Waals surface area contributed by atoms with Gasteiger partial charge in [0, 0.05) is 26.2 Å². The Kier molecular flexibility index (Phi) is 5.33. The summed E-state index contributed by atoms with van der Waals surface area (Å²) in [6.07, 6.45) is 5.87. The lowest BCUT2D eigenvalue weighted by Gasteiger charge is -2.36. The van der Waals surface area contributed by atoms with Crippen molar-refractivity contribution in [3.05, 3.63) is 12.3 Å². The number of carbonyl (C=O) groups is 2. The van der Waals surface area contributed by atoms with Gasteiger partial charge in [-0.15, -0.1) is 0 Å². The van der Waals surface area contributed by atoms with Gasteiger partial charge in [0.05, 0.1) is 19.0 Å². The second-order valence-electron chi connectivity index (χ2n) is 7.02. The lowest BCUT2D eigenvalue weighted by Crippen LogP contribution is -2.56. The summed E-state index contributed by atoms with van der Waals surface area (Å²) in [6.45, 7) is 0.734. The summed E-state index contributed by atoms with van der Waals surface area (Å²) in [7, 11) is -1.99. The topological polar surface area (TPSA) is 105 Å². The fourth-order valence-electron chi connectivity index (χ4n) is 3.22. The molecule has 3 rings (SSSR count). The van der Waals surface area contributed by atoms with Gasteiger partial charge in [0.2, 0.25) is 21.8 Å². The van der Waals surface area contributed by atoms with Crippen LogP contribution < -0.4 is 10.2 Å². The van der Waals surface area contributed by atoms with Crippen LogP contribution in [0.5, 0.6) is 0 Å². The van der Waals surface area contributed by atoms with Crippen molar-refractivity contribution >= 4 is 27.7 Å². The van der Waals surface area contributed by atoms with Crippen molar-refractivity contribution in [2.45, 2.75) is 31.7 Å². The van der Waals surface area contributed by atoms with Crippen molar-refractivity contribution in [3.63, 3.8) is 0 Å². The molecule has 0 spiro atoms. The van der Waals surface area contributed by atoms with Gasteiger partial charge in [-0.3, -0.25) is 19.2 Å². The third-order valence-electron chi connectivity index (χ3n) is 4.84. The molecular weight excluding hydrogens is 358 g/mol. The van der Waals surface area contributed by atoms with Crippen LogP contribution in [0, 0.1) is 5.92 Å². The second kappa shape index (κ2) is 7.36. The van der Waals surface area contributed by atoms with Gasteiger partial charge in [-0.2, -0.15) is 9.40 Å². The van der Waals surface area contributed by atoms with Crippen molar-refractivity contribution in [2.24, 2.45) is 13.0 Å². The Labute approximate surface area is 153 Å². The Balaban J connectivity index is 1.75. The number of nitrogens with one attached hydrogen (secondary N) is 1. The standard InChI is InChI=1S/C16H25N5O4S/c1-19-15(7-8-18-19)20-9-3-4-13(16(20)23)21(26(2,24)25)11-14(22)17-10-12-5-6-12/h7-8,12-13H,3-6,9-11H2,1-2H3,(H,17,22)/t13-/m1/s1. The van der Waals surface area contributed by atoms with Gasteiger partial charge in [0.1, 0.15) is 11.9 Å². The maximum Gasteiger partial charge on any atom is 0.246 e. The van der Waals surface area contributed by atoms with E-state index in [9.17, 15) is 18.0 Å². The number of aromatic nitrogens is 2. The number of piperidine rings is 1. The molecule has 0 aromatic carbocycles. The van der Waals surface area contributed by atoms with E-state index in [0.29, 0.717) is 37.7 Å². The normalized spacial score (nSPS) is 21.3. The van der Waals surface area contributed by atoms with E-state index in [-0.39, 0.29) is 18.4 Å². The molecule has 1 aromatic heterocycles. The third kappa shape index (κ3) is 4.24. The van der Waals surface area contributed by atoms with Crippen LogP contribution in [0.1, 0.15) is 25.7 Å². The minimum absolute atomic E-state index is 0.319. The van der Waals surface area contributed by atoms with Gasteiger partial charge in [0.25, 0.3) is 0 Å². The summed E-state index contributed by atoms with van der Waals surface area (Å²) in [6, 6.07) is 0.841. The van der Waals surface area contributed by atoms with Crippen molar-refractivity contribution in [1.82, 2.24) is 19.4 Å². The van der Waals surface area contributed by atoms with Crippen LogP contribution in [0.15, 0.2) is 12.3 Å². The molecule has 1 atom stereocenters. The van der Waals surface area contributed by atoms with E-state index >= 15 is 0 Å². The SMILES string of the molecule is Cn1nccc1N1CCC[C@@H](N(CC(=O)NCC2CC2)S(C)(=O)=O)C1=O. The maximum absolute atomic E-state index is 13.0. The summed E-state index contributed by atoms with van der Waals surface area (Å²) in [5.74, 6) is 0.432. The molecule has 0 bridgehead atoms. The average Bonchev–Trinajstić information content (AvgIpc) is 3.31. The zero-order valence-corrected chi connectivity index (χ0v) is 15.9. The molecule has 1 saturated carbocycles. The number of amides is 2. The lowest BCUT2D eigenvalue weighted by atomic mass is 10.0. The Hall–Kier alpha value is -1.94. The highest BCUT2D eigenvalue weighted by Gasteiger charge is 2.39. The van der Waals surface area contributed by atoms with Crippen molar-refractivity contribution in [1.29, 1.82) is 0 Å². The molecule has 1 aromatic rings. The van der Waals surface area contributed by atoms with Crippen LogP contribution in [0.4, 0.5) is 5.82 Å². The summed E-state index contributed by atoms with van der Waals surface area (Å²) in [4.78, 5) is 26.7. The van der Waals surface area contributed by atoms with Gasteiger partial charge in [-0.1, -0.05) is 0 Å². The Morgan fingerprint density at radius 3 is 2.69 bits per heavy atom. The van der Waals surface area contributed by atoms with Gasteiger partial charge >= 0.3 is 0 Å². The fraction of sp³-hybridized carbons (Fsp3) is 0.688. The van der Waals surface area contributed by atoms with E-state index in [4.69, 9.17) is 0 Å². The van der Waals surface area contributed by atoms with E-state index in [1.165, 1.54) is 0 Å². The molecule has 9 nitrogen and oxygen atoms in total. The number of nitrogens with zero attached hydrogens (tertiary/aromatic N) is 4. The number of aryl methyl sites for hydroxylation is 1. The van der Waals surface area contributed by atoms with Crippen molar-refractivity contribution in [2.75, 3.05) is 30.8 Å². The molecule has 26 heavy (non-hydrogen) atoms. The predicted molar refractivity (Wildman–Crippen MR) is 95.9 cm³/mol. The minimum Gasteiger partial charge on any atom is -0.355 e. The van der Waals surface area contributed by atoms with E-state index in [0.717, 1.165) is 23.4 Å². The summed E-state index contributed by atoms with van der Waals surface area (Å²) in [5, 5.41) is 6.83. The molecule has 2 aliphatic rings. The molecule has 144 valence electrons. The van der Waals surface area contributed by atoms with Gasteiger partial charge in [0.15, 0.2) is 0 Å². The first-order valence-corrected chi connectivity index (χ1v) is 10.6. The first kappa shape index (κ1) is 18.8. The molecule has 0 radical (unpaired) electrons. The molecule has 2 amide bonds. The molecule has 2 fully saturated rings. The van der Waals surface area contributed by atoms with Crippen LogP contribution >= 0.6 is 0 Å². The molecule has 1 aliphatic carbocycles. The highest BCUT2D eigenvalue weighted by atomic mass is 32.2. The number of rotatable bonds is 7. The number of hydrogen-bond donors (Lipinski definition) is 1. The minimum atomic E-state index is -3.72. The molecular formula is C16H25N5O4S. The monoisotopic (exact) mass is 383 g/mol. The van der Waals surface area contributed by atoms with E-state index in [1.54, 1.807) is 28.9 Å². The first-order valence-electron chi connectivity index (χ1n) is 8.80. The molecule has 10 heteroatoms. The number of sulfonamides is 1. The van der Waals surface area contributed by atoms with Gasteiger partial charge in [-0.25, -0.2) is 8.42 Å². The number of hydrogen-bond acceptors (Lipinski definition) is 5. The predicted octanol–water partition coefficient (Wildman–Crippen LogP) is -0.297. The molecule has 1 N–H and O–H groups in total. The summed E-state index contributed by atoms with van der Waals surface area (Å²) < 4.78 is 27.2. The Morgan fingerprint density at radius 1 is 1.38 bits per heavy atom. The molecule has 1 aliphatic heterocycles. The summed E-state index contributed by atoms with van der Waals surface area (Å²) >= 11 is 0. The van der Waals surface area contributed by atoms with Crippen LogP contribution in [-0.4, -0.2) is 66.2 Å². The quantitative estimate of drug-likeness (QED) is 0.696. The highest BCUT2D eigenvalue weighted by molar-refractivity contribution is 7.88. The highest BCUT2D eigenvalue weighted by Crippen LogP contribution is 2.28. The molecule has 0 unspecified atom stereocenters. The Morgan fingerprint density at radius 2 is 2.12 bits per heavy atom. The number of anilines is 1. The van der Waals surface area contributed by atoms with E-state index < -0.39 is 16.1 Å². The maximum atomic E-state index is 13.0. The van der Waals surface area contributed by atoms with Crippen LogP contribution in [0.2, 0.25) is 0 Å². The summed E-state index contributed by atoms with van der Waals surface area (Å²) in [5.41, 5.74) is 0. The van der Waals surface area contributed by atoms with Crippen molar-refractivity contribution < 1.29 is 18.0 Å². The van der Waals surface area contributed by atoms with Crippen molar-refractivity contribution in [3.8, 4) is 0 Å². The van der Waals surface area contributed by atoms with Gasteiger partial charge < -0.3 is 5.32 Å². The average molecular weight is 383 g/mol. The van der Waals surface area contributed by atoms with E-state index in [1.807, 2.05) is 0 Å². The zero-order valence-electron chi connectivity index (χ0n) is 15.1. The zero-order chi connectivity index (χ0) is 18.9. The number of carbonyl (C=O) groups excluding carboxylic acids is 2. The fourth-order valence-corrected chi connectivity index (χ4v) is 4.23. The smallest absolute Gasteiger partial charge is 0.246 e. The largest absolute Gasteiger partial charge is 0.355 e. The Bertz CT molecular complexity index is 786. The molecule has 2 heterocycles. The second-order valence-corrected chi connectivity index (χ2v) is 8.95. The van der Waals surface area contributed by atoms with Crippen LogP contribution in [-0.2, 0) is 26.7 Å².